The monoisotopic (exact) mass is 229 g/mol. The summed E-state index contributed by atoms with van der Waals surface area (Å²) in [5.74, 6) is 0. The number of aryl methyl sites for hydroxylation is 2. The lowest BCUT2D eigenvalue weighted by Crippen LogP contribution is -1.90. The lowest BCUT2D eigenvalue weighted by molar-refractivity contribution is 1.32. The van der Waals surface area contributed by atoms with Gasteiger partial charge in [0.15, 0.2) is 5.13 Å². The van der Waals surface area contributed by atoms with Crippen LogP contribution in [0.4, 0.5) is 10.8 Å². The van der Waals surface area contributed by atoms with Crippen molar-refractivity contribution in [2.75, 3.05) is 5.32 Å². The number of thiazole rings is 1. The van der Waals surface area contributed by atoms with Gasteiger partial charge in [-0.1, -0.05) is 17.4 Å². The Hall–Kier alpha value is -1.86. The van der Waals surface area contributed by atoms with Gasteiger partial charge in [0.25, 0.3) is 0 Å². The topological polar surface area (TPSA) is 48.7 Å². The van der Waals surface area contributed by atoms with Crippen LogP contribution >= 0.6 is 11.3 Å². The van der Waals surface area contributed by atoms with Gasteiger partial charge < -0.3 is 5.32 Å². The second-order valence-electron chi connectivity index (χ2n) is 3.57. The standard InChI is InChI=1S/C12H11N3S/c1-8-3-4-10(5-9(8)2)15-12-14-7-11(6-13)16-12/h3-5,7H,1-2H3,(H,14,15). The molecule has 0 bridgehead atoms. The summed E-state index contributed by atoms with van der Waals surface area (Å²) >= 11 is 1.35. The molecule has 2 aromatic rings. The Morgan fingerprint density at radius 1 is 1.31 bits per heavy atom. The van der Waals surface area contributed by atoms with Crippen LogP contribution < -0.4 is 5.32 Å². The third kappa shape index (κ3) is 2.20. The van der Waals surface area contributed by atoms with Gasteiger partial charge in [0, 0.05) is 5.69 Å². The van der Waals surface area contributed by atoms with E-state index in [2.05, 4.69) is 42.4 Å². The molecule has 1 aromatic carbocycles. The fourth-order valence-corrected chi connectivity index (χ4v) is 1.96. The molecule has 80 valence electrons. The Kier molecular flexibility index (Phi) is 2.88. The maximum atomic E-state index is 8.69. The molecule has 0 radical (unpaired) electrons. The van der Waals surface area contributed by atoms with Crippen molar-refractivity contribution < 1.29 is 0 Å². The zero-order valence-corrected chi connectivity index (χ0v) is 9.93. The van der Waals surface area contributed by atoms with Gasteiger partial charge >= 0.3 is 0 Å². The first-order valence-corrected chi connectivity index (χ1v) is 5.71. The van der Waals surface area contributed by atoms with Crippen molar-refractivity contribution >= 4 is 22.2 Å². The molecule has 0 amide bonds. The van der Waals surface area contributed by atoms with Crippen LogP contribution in [-0.4, -0.2) is 4.98 Å². The van der Waals surface area contributed by atoms with E-state index >= 15 is 0 Å². The van der Waals surface area contributed by atoms with Crippen LogP contribution in [0.25, 0.3) is 0 Å². The quantitative estimate of drug-likeness (QED) is 0.858. The van der Waals surface area contributed by atoms with Gasteiger partial charge in [-0.2, -0.15) is 5.26 Å². The van der Waals surface area contributed by atoms with Crippen LogP contribution in [0.2, 0.25) is 0 Å². The summed E-state index contributed by atoms with van der Waals surface area (Å²) < 4.78 is 0. The van der Waals surface area contributed by atoms with Gasteiger partial charge in [0.2, 0.25) is 0 Å². The molecule has 2 rings (SSSR count). The highest BCUT2D eigenvalue weighted by Gasteiger charge is 2.02. The Morgan fingerprint density at radius 2 is 2.12 bits per heavy atom. The summed E-state index contributed by atoms with van der Waals surface area (Å²) in [4.78, 5) is 4.74. The Labute approximate surface area is 98.4 Å². The number of nitriles is 1. The van der Waals surface area contributed by atoms with Crippen molar-refractivity contribution in [1.29, 1.82) is 5.26 Å². The van der Waals surface area contributed by atoms with Crippen molar-refractivity contribution in [3.05, 3.63) is 40.4 Å². The number of hydrogen-bond donors (Lipinski definition) is 1. The summed E-state index contributed by atoms with van der Waals surface area (Å²) in [6.07, 6.45) is 1.58. The fourth-order valence-electron chi connectivity index (χ4n) is 1.33. The van der Waals surface area contributed by atoms with E-state index in [9.17, 15) is 0 Å². The molecule has 0 unspecified atom stereocenters. The van der Waals surface area contributed by atoms with Gasteiger partial charge in [-0.3, -0.25) is 0 Å². The SMILES string of the molecule is Cc1ccc(Nc2ncc(C#N)s2)cc1C. The van der Waals surface area contributed by atoms with E-state index in [0.717, 1.165) is 10.8 Å². The largest absolute Gasteiger partial charge is 0.332 e. The van der Waals surface area contributed by atoms with Gasteiger partial charge in [-0.05, 0) is 37.1 Å². The smallest absolute Gasteiger partial charge is 0.188 e. The molecule has 16 heavy (non-hydrogen) atoms. The normalized spacial score (nSPS) is 9.81. The van der Waals surface area contributed by atoms with E-state index in [1.165, 1.54) is 22.5 Å². The predicted molar refractivity (Wildman–Crippen MR) is 66.0 cm³/mol. The third-order valence-electron chi connectivity index (χ3n) is 2.37. The molecule has 0 saturated heterocycles. The van der Waals surface area contributed by atoms with E-state index in [0.29, 0.717) is 4.88 Å². The van der Waals surface area contributed by atoms with Crippen LogP contribution in [-0.2, 0) is 0 Å². The van der Waals surface area contributed by atoms with Crippen molar-refractivity contribution in [3.8, 4) is 6.07 Å². The number of anilines is 2. The lowest BCUT2D eigenvalue weighted by Gasteiger charge is -2.05. The molecule has 0 atom stereocenters. The van der Waals surface area contributed by atoms with E-state index < -0.39 is 0 Å². The highest BCUT2D eigenvalue weighted by atomic mass is 32.1. The average Bonchev–Trinajstić information content (AvgIpc) is 2.71. The van der Waals surface area contributed by atoms with Crippen molar-refractivity contribution in [3.63, 3.8) is 0 Å². The maximum absolute atomic E-state index is 8.69. The minimum absolute atomic E-state index is 0.617. The number of hydrogen-bond acceptors (Lipinski definition) is 4. The van der Waals surface area contributed by atoms with E-state index in [-0.39, 0.29) is 0 Å². The summed E-state index contributed by atoms with van der Waals surface area (Å²) in [6, 6.07) is 8.22. The zero-order valence-electron chi connectivity index (χ0n) is 9.11. The summed E-state index contributed by atoms with van der Waals surface area (Å²) in [7, 11) is 0. The van der Waals surface area contributed by atoms with Crippen LogP contribution in [0.1, 0.15) is 16.0 Å². The first-order valence-electron chi connectivity index (χ1n) is 4.89. The van der Waals surface area contributed by atoms with Crippen LogP contribution in [0, 0.1) is 25.2 Å². The molecule has 1 aromatic heterocycles. The fraction of sp³-hybridized carbons (Fsp3) is 0.167. The number of nitrogens with one attached hydrogen (secondary N) is 1. The van der Waals surface area contributed by atoms with Crippen molar-refractivity contribution in [1.82, 2.24) is 4.98 Å². The number of rotatable bonds is 2. The number of aromatic nitrogens is 1. The summed E-state index contributed by atoms with van der Waals surface area (Å²) in [5.41, 5.74) is 3.51. The van der Waals surface area contributed by atoms with Crippen LogP contribution in [0.3, 0.4) is 0 Å². The van der Waals surface area contributed by atoms with E-state index in [4.69, 9.17) is 5.26 Å². The molecule has 1 heterocycles. The van der Waals surface area contributed by atoms with E-state index in [1.807, 2.05) is 6.07 Å². The Bertz CT molecular complexity index is 552. The summed E-state index contributed by atoms with van der Waals surface area (Å²) in [6.45, 7) is 4.15. The molecule has 0 aliphatic carbocycles. The molecule has 0 aliphatic rings. The van der Waals surface area contributed by atoms with Crippen molar-refractivity contribution in [2.24, 2.45) is 0 Å². The average molecular weight is 229 g/mol. The van der Waals surface area contributed by atoms with Gasteiger partial charge in [0.1, 0.15) is 10.9 Å². The van der Waals surface area contributed by atoms with E-state index in [1.54, 1.807) is 6.20 Å². The molecule has 1 N–H and O–H groups in total. The predicted octanol–water partition coefficient (Wildman–Crippen LogP) is 3.38. The molecule has 4 heteroatoms. The molecular weight excluding hydrogens is 218 g/mol. The molecule has 3 nitrogen and oxygen atoms in total. The van der Waals surface area contributed by atoms with Crippen molar-refractivity contribution in [2.45, 2.75) is 13.8 Å². The second kappa shape index (κ2) is 4.33. The molecule has 0 fully saturated rings. The first-order chi connectivity index (χ1) is 7.69. The maximum Gasteiger partial charge on any atom is 0.188 e. The zero-order chi connectivity index (χ0) is 11.5. The Balaban J connectivity index is 2.21. The second-order valence-corrected chi connectivity index (χ2v) is 4.60. The minimum Gasteiger partial charge on any atom is -0.332 e. The van der Waals surface area contributed by atoms with Gasteiger partial charge in [-0.15, -0.1) is 0 Å². The lowest BCUT2D eigenvalue weighted by atomic mass is 10.1. The van der Waals surface area contributed by atoms with Crippen LogP contribution in [0.5, 0.6) is 0 Å². The van der Waals surface area contributed by atoms with Gasteiger partial charge in [0.05, 0.1) is 6.20 Å². The molecule has 0 spiro atoms. The Morgan fingerprint density at radius 3 is 2.75 bits per heavy atom. The number of benzene rings is 1. The van der Waals surface area contributed by atoms with Crippen LogP contribution in [0.15, 0.2) is 24.4 Å². The molecule has 0 saturated carbocycles. The number of nitrogens with zero attached hydrogens (tertiary/aromatic N) is 2. The first kappa shape index (κ1) is 10.7. The molecule has 0 aliphatic heterocycles. The summed E-state index contributed by atoms with van der Waals surface area (Å²) in [5, 5.41) is 12.6. The molecular formula is C12H11N3S. The third-order valence-corrected chi connectivity index (χ3v) is 3.19. The minimum atomic E-state index is 0.617. The van der Waals surface area contributed by atoms with Gasteiger partial charge in [-0.25, -0.2) is 4.98 Å². The highest BCUT2D eigenvalue weighted by molar-refractivity contribution is 7.16. The highest BCUT2D eigenvalue weighted by Crippen LogP contribution is 2.23.